The Labute approximate surface area is 89.8 Å². The van der Waals surface area contributed by atoms with Crippen LogP contribution in [0.1, 0.15) is 33.6 Å². The Morgan fingerprint density at radius 3 is 2.27 bits per heavy atom. The topological polar surface area (TPSA) is 75.6 Å². The third-order valence-corrected chi connectivity index (χ3v) is 2.16. The Kier molecular flexibility index (Phi) is 6.70. The first-order chi connectivity index (χ1) is 7.01. The lowest BCUT2D eigenvalue weighted by molar-refractivity contribution is -0.147. The quantitative estimate of drug-likeness (QED) is 0.660. The lowest BCUT2D eigenvalue weighted by Gasteiger charge is -2.18. The molecule has 1 unspecified atom stereocenters. The van der Waals surface area contributed by atoms with Crippen molar-refractivity contribution in [2.24, 2.45) is 0 Å². The van der Waals surface area contributed by atoms with E-state index in [1.807, 2.05) is 13.8 Å². The highest BCUT2D eigenvalue weighted by Gasteiger charge is 2.16. The molecule has 0 bridgehead atoms. The fourth-order valence-electron chi connectivity index (χ4n) is 1.08. The van der Waals surface area contributed by atoms with Gasteiger partial charge >= 0.3 is 5.97 Å². The summed E-state index contributed by atoms with van der Waals surface area (Å²) in [4.78, 5) is 21.7. The number of hydrogen-bond donors (Lipinski definition) is 2. The first-order valence-electron chi connectivity index (χ1n) is 5.15. The van der Waals surface area contributed by atoms with E-state index in [0.717, 1.165) is 12.8 Å². The lowest BCUT2D eigenvalue weighted by atomic mass is 10.1. The van der Waals surface area contributed by atoms with E-state index in [9.17, 15) is 9.59 Å². The highest BCUT2D eigenvalue weighted by molar-refractivity contribution is 5.81. The number of carbonyl (C=O) groups excluding carboxylic acids is 1. The van der Waals surface area contributed by atoms with Crippen molar-refractivity contribution in [1.82, 2.24) is 5.32 Å². The third-order valence-electron chi connectivity index (χ3n) is 2.16. The standard InChI is InChI=1S/C10H19NO4/c1-4-8(5-2)11-10(14)7(3)15-6-9(12)13/h7-8H,4-6H2,1-3H3,(H,11,14)(H,12,13). The van der Waals surface area contributed by atoms with Gasteiger partial charge in [0, 0.05) is 6.04 Å². The van der Waals surface area contributed by atoms with Crippen LogP contribution in [0.3, 0.4) is 0 Å². The molecule has 1 amide bonds. The van der Waals surface area contributed by atoms with Crippen LogP contribution in [0.5, 0.6) is 0 Å². The zero-order chi connectivity index (χ0) is 11.8. The van der Waals surface area contributed by atoms with Crippen LogP contribution in [-0.4, -0.2) is 35.7 Å². The van der Waals surface area contributed by atoms with E-state index in [1.54, 1.807) is 6.92 Å². The predicted molar refractivity (Wildman–Crippen MR) is 55.6 cm³/mol. The van der Waals surface area contributed by atoms with Gasteiger partial charge in [-0.1, -0.05) is 13.8 Å². The van der Waals surface area contributed by atoms with Gasteiger partial charge in [-0.15, -0.1) is 0 Å². The van der Waals surface area contributed by atoms with E-state index >= 15 is 0 Å². The zero-order valence-corrected chi connectivity index (χ0v) is 9.45. The molecule has 0 saturated heterocycles. The second-order valence-electron chi connectivity index (χ2n) is 3.37. The minimum absolute atomic E-state index is 0.133. The van der Waals surface area contributed by atoms with Gasteiger partial charge in [0.05, 0.1) is 0 Å². The fourth-order valence-corrected chi connectivity index (χ4v) is 1.08. The van der Waals surface area contributed by atoms with Gasteiger partial charge in [0.15, 0.2) is 0 Å². The van der Waals surface area contributed by atoms with Crippen LogP contribution < -0.4 is 5.32 Å². The average molecular weight is 217 g/mol. The number of rotatable bonds is 7. The van der Waals surface area contributed by atoms with Crippen LogP contribution in [0, 0.1) is 0 Å². The van der Waals surface area contributed by atoms with Crippen molar-refractivity contribution in [1.29, 1.82) is 0 Å². The molecular formula is C10H19NO4. The molecule has 0 spiro atoms. The largest absolute Gasteiger partial charge is 0.480 e. The van der Waals surface area contributed by atoms with Crippen LogP contribution in [-0.2, 0) is 14.3 Å². The van der Waals surface area contributed by atoms with Crippen molar-refractivity contribution in [3.63, 3.8) is 0 Å². The molecule has 15 heavy (non-hydrogen) atoms. The van der Waals surface area contributed by atoms with Gasteiger partial charge in [-0.3, -0.25) is 4.79 Å². The van der Waals surface area contributed by atoms with Crippen LogP contribution in [0.25, 0.3) is 0 Å². The molecule has 0 aliphatic heterocycles. The van der Waals surface area contributed by atoms with E-state index in [2.05, 4.69) is 5.32 Å². The summed E-state index contributed by atoms with van der Waals surface area (Å²) in [5.74, 6) is -1.33. The monoisotopic (exact) mass is 217 g/mol. The molecule has 0 aromatic rings. The maximum Gasteiger partial charge on any atom is 0.329 e. The summed E-state index contributed by atoms with van der Waals surface area (Å²) < 4.78 is 4.84. The summed E-state index contributed by atoms with van der Waals surface area (Å²) in [5.41, 5.74) is 0. The molecule has 1 atom stereocenters. The molecule has 5 nitrogen and oxygen atoms in total. The molecule has 0 saturated carbocycles. The molecule has 0 rings (SSSR count). The van der Waals surface area contributed by atoms with Crippen molar-refractivity contribution >= 4 is 11.9 Å². The molecule has 2 N–H and O–H groups in total. The molecule has 5 heteroatoms. The van der Waals surface area contributed by atoms with Crippen molar-refractivity contribution in [2.75, 3.05) is 6.61 Å². The SMILES string of the molecule is CCC(CC)NC(=O)C(C)OCC(=O)O. The van der Waals surface area contributed by atoms with Gasteiger partial charge in [-0.25, -0.2) is 4.79 Å². The number of carbonyl (C=O) groups is 2. The maximum atomic E-state index is 11.5. The molecule has 88 valence electrons. The number of carboxylic acids is 1. The minimum atomic E-state index is -1.07. The molecule has 0 heterocycles. The van der Waals surface area contributed by atoms with Crippen molar-refractivity contribution < 1.29 is 19.4 Å². The molecule has 0 aliphatic carbocycles. The van der Waals surface area contributed by atoms with E-state index in [0.29, 0.717) is 0 Å². The van der Waals surface area contributed by atoms with Crippen LogP contribution in [0.4, 0.5) is 0 Å². The third kappa shape index (κ3) is 6.06. The summed E-state index contributed by atoms with van der Waals surface area (Å²) in [6.45, 7) is 5.06. The van der Waals surface area contributed by atoms with E-state index in [1.165, 1.54) is 0 Å². The minimum Gasteiger partial charge on any atom is -0.480 e. The second-order valence-corrected chi connectivity index (χ2v) is 3.37. The fraction of sp³-hybridized carbons (Fsp3) is 0.800. The summed E-state index contributed by atoms with van der Waals surface area (Å²) in [6, 6.07) is 0.133. The Morgan fingerprint density at radius 2 is 1.87 bits per heavy atom. The van der Waals surface area contributed by atoms with E-state index in [-0.39, 0.29) is 11.9 Å². The lowest BCUT2D eigenvalue weighted by Crippen LogP contribution is -2.41. The van der Waals surface area contributed by atoms with Crippen molar-refractivity contribution in [3.05, 3.63) is 0 Å². The van der Waals surface area contributed by atoms with Crippen LogP contribution in [0.15, 0.2) is 0 Å². The number of hydrogen-bond acceptors (Lipinski definition) is 3. The first kappa shape index (κ1) is 13.9. The Morgan fingerprint density at radius 1 is 1.33 bits per heavy atom. The maximum absolute atomic E-state index is 11.5. The van der Waals surface area contributed by atoms with Gasteiger partial charge in [0.2, 0.25) is 5.91 Å². The van der Waals surface area contributed by atoms with Crippen LogP contribution >= 0.6 is 0 Å². The number of aliphatic carboxylic acids is 1. The molecule has 0 aromatic heterocycles. The summed E-state index contributed by atoms with van der Waals surface area (Å²) >= 11 is 0. The molecule has 0 fully saturated rings. The normalized spacial score (nSPS) is 12.5. The molecular weight excluding hydrogens is 198 g/mol. The van der Waals surface area contributed by atoms with Gasteiger partial charge < -0.3 is 15.2 Å². The van der Waals surface area contributed by atoms with E-state index < -0.39 is 18.7 Å². The number of carboxylic acid groups (broad SMARTS) is 1. The Hall–Kier alpha value is -1.10. The molecule has 0 aliphatic rings. The highest BCUT2D eigenvalue weighted by atomic mass is 16.5. The second kappa shape index (κ2) is 7.23. The number of amides is 1. The van der Waals surface area contributed by atoms with Crippen molar-refractivity contribution in [3.8, 4) is 0 Å². The van der Waals surface area contributed by atoms with Gasteiger partial charge in [0.25, 0.3) is 0 Å². The highest BCUT2D eigenvalue weighted by Crippen LogP contribution is 1.98. The summed E-state index contributed by atoms with van der Waals surface area (Å²) in [6.07, 6.45) is 0.989. The molecule has 0 aromatic carbocycles. The number of ether oxygens (including phenoxy) is 1. The predicted octanol–water partition coefficient (Wildman–Crippen LogP) is 0.781. The van der Waals surface area contributed by atoms with Gasteiger partial charge in [-0.05, 0) is 19.8 Å². The van der Waals surface area contributed by atoms with Crippen molar-refractivity contribution in [2.45, 2.75) is 45.8 Å². The number of nitrogens with one attached hydrogen (secondary N) is 1. The zero-order valence-electron chi connectivity index (χ0n) is 9.45. The molecule has 0 radical (unpaired) electrons. The summed E-state index contributed by atoms with van der Waals surface area (Å²) in [7, 11) is 0. The van der Waals surface area contributed by atoms with E-state index in [4.69, 9.17) is 9.84 Å². The Bertz CT molecular complexity index is 213. The van der Waals surface area contributed by atoms with Crippen LogP contribution in [0.2, 0.25) is 0 Å². The Balaban J connectivity index is 3.92. The summed E-state index contributed by atoms with van der Waals surface area (Å²) in [5, 5.41) is 11.1. The smallest absolute Gasteiger partial charge is 0.329 e. The van der Waals surface area contributed by atoms with Gasteiger partial charge in [-0.2, -0.15) is 0 Å². The first-order valence-corrected chi connectivity index (χ1v) is 5.15. The average Bonchev–Trinajstić information content (AvgIpc) is 2.21. The van der Waals surface area contributed by atoms with Gasteiger partial charge in [0.1, 0.15) is 12.7 Å².